The van der Waals surface area contributed by atoms with E-state index >= 15 is 0 Å². The Bertz CT molecular complexity index is 682. The molecule has 3 saturated carbocycles. The number of aliphatic hydroxyl groups is 2. The first-order chi connectivity index (χ1) is 12.2. The van der Waals surface area contributed by atoms with Gasteiger partial charge in [0.15, 0.2) is 5.60 Å². The predicted molar refractivity (Wildman–Crippen MR) is 97.1 cm³/mol. The Kier molecular flexibility index (Phi) is 3.41. The van der Waals surface area contributed by atoms with Crippen molar-refractivity contribution in [2.45, 2.75) is 83.5 Å². The normalized spacial score (nSPS) is 58.2. The quantitative estimate of drug-likeness (QED) is 0.514. The van der Waals surface area contributed by atoms with E-state index in [9.17, 15) is 15.0 Å². The molecule has 2 N–H and O–H groups in total. The van der Waals surface area contributed by atoms with Crippen molar-refractivity contribution < 1.29 is 19.7 Å². The van der Waals surface area contributed by atoms with E-state index in [1.807, 2.05) is 0 Å². The van der Waals surface area contributed by atoms with E-state index in [1.54, 1.807) is 6.92 Å². The van der Waals surface area contributed by atoms with Crippen LogP contribution in [0, 0.1) is 34.5 Å². The number of hydrogen-bond acceptors (Lipinski definition) is 4. The molecule has 1 heterocycles. The molecule has 0 radical (unpaired) electrons. The smallest absolute Gasteiger partial charge is 0.338 e. The second kappa shape index (κ2) is 5.14. The molecule has 0 amide bonds. The fourth-order valence-electron chi connectivity index (χ4n) is 8.13. The minimum atomic E-state index is -1.34. The molecule has 0 aromatic carbocycles. The Morgan fingerprint density at radius 3 is 2.69 bits per heavy atom. The first-order valence-electron chi connectivity index (χ1n) is 10.5. The Morgan fingerprint density at radius 2 is 1.92 bits per heavy atom. The molecular formula is C22H32O4. The van der Waals surface area contributed by atoms with Gasteiger partial charge in [0, 0.05) is 5.92 Å². The lowest BCUT2D eigenvalue weighted by Gasteiger charge is -2.58. The minimum absolute atomic E-state index is 0.0165. The van der Waals surface area contributed by atoms with E-state index in [0.717, 1.165) is 44.9 Å². The summed E-state index contributed by atoms with van der Waals surface area (Å²) in [4.78, 5) is 12.2. The van der Waals surface area contributed by atoms with Crippen molar-refractivity contribution in [1.82, 2.24) is 0 Å². The number of carbonyl (C=O) groups is 1. The van der Waals surface area contributed by atoms with Crippen LogP contribution < -0.4 is 0 Å². The van der Waals surface area contributed by atoms with E-state index in [2.05, 4.69) is 19.9 Å². The molecular weight excluding hydrogens is 328 g/mol. The highest BCUT2D eigenvalue weighted by Gasteiger charge is 2.70. The molecule has 1 aliphatic heterocycles. The lowest BCUT2D eigenvalue weighted by atomic mass is 9.47. The largest absolute Gasteiger partial charge is 0.460 e. The number of rotatable bonds is 0. The molecule has 5 aliphatic rings. The summed E-state index contributed by atoms with van der Waals surface area (Å²) in [6, 6.07) is 0. The van der Waals surface area contributed by atoms with Crippen LogP contribution in [0.15, 0.2) is 11.6 Å². The van der Waals surface area contributed by atoms with Crippen LogP contribution in [-0.2, 0) is 9.53 Å². The highest BCUT2D eigenvalue weighted by molar-refractivity contribution is 5.82. The van der Waals surface area contributed by atoms with Gasteiger partial charge in [-0.15, -0.1) is 0 Å². The van der Waals surface area contributed by atoms with Crippen LogP contribution in [0.5, 0.6) is 0 Å². The lowest BCUT2D eigenvalue weighted by molar-refractivity contribution is -0.159. The third-order valence-electron chi connectivity index (χ3n) is 9.36. The van der Waals surface area contributed by atoms with Crippen LogP contribution in [0.25, 0.3) is 0 Å². The summed E-state index contributed by atoms with van der Waals surface area (Å²) in [6.45, 7) is 6.40. The number of fused-ring (bicyclic) bond motifs is 7. The minimum Gasteiger partial charge on any atom is -0.460 e. The van der Waals surface area contributed by atoms with Crippen LogP contribution in [0.3, 0.4) is 0 Å². The van der Waals surface area contributed by atoms with Gasteiger partial charge in [0.2, 0.25) is 0 Å². The summed E-state index contributed by atoms with van der Waals surface area (Å²) in [7, 11) is 0. The zero-order valence-corrected chi connectivity index (χ0v) is 16.2. The predicted octanol–water partition coefficient (Wildman–Crippen LogP) is 3.21. The van der Waals surface area contributed by atoms with Crippen molar-refractivity contribution in [2.75, 3.05) is 0 Å². The second-order valence-corrected chi connectivity index (χ2v) is 10.5. The van der Waals surface area contributed by atoms with Crippen molar-refractivity contribution in [2.24, 2.45) is 34.5 Å². The second-order valence-electron chi connectivity index (χ2n) is 10.5. The van der Waals surface area contributed by atoms with Crippen molar-refractivity contribution in [3.8, 4) is 0 Å². The van der Waals surface area contributed by atoms with Crippen molar-refractivity contribution >= 4 is 5.97 Å². The molecule has 9 atom stereocenters. The van der Waals surface area contributed by atoms with Crippen LogP contribution >= 0.6 is 0 Å². The van der Waals surface area contributed by atoms with Gasteiger partial charge in [-0.25, -0.2) is 4.79 Å². The lowest BCUT2D eigenvalue weighted by Crippen LogP contribution is -2.53. The van der Waals surface area contributed by atoms with Gasteiger partial charge in [0.1, 0.15) is 6.10 Å². The summed E-state index contributed by atoms with van der Waals surface area (Å²) in [5.41, 5.74) is 0.352. The van der Waals surface area contributed by atoms with Gasteiger partial charge in [-0.3, -0.25) is 0 Å². The molecule has 0 spiro atoms. The van der Waals surface area contributed by atoms with E-state index in [0.29, 0.717) is 17.8 Å². The Labute approximate surface area is 156 Å². The monoisotopic (exact) mass is 360 g/mol. The molecule has 4 aliphatic carbocycles. The highest BCUT2D eigenvalue weighted by atomic mass is 16.6. The average molecular weight is 360 g/mol. The van der Waals surface area contributed by atoms with Crippen molar-refractivity contribution in [3.05, 3.63) is 11.6 Å². The molecule has 5 rings (SSSR count). The van der Waals surface area contributed by atoms with E-state index < -0.39 is 11.6 Å². The highest BCUT2D eigenvalue weighted by Crippen LogP contribution is 2.69. The molecule has 26 heavy (non-hydrogen) atoms. The fraction of sp³-hybridized carbons (Fsp3) is 0.864. The van der Waals surface area contributed by atoms with Crippen molar-refractivity contribution in [3.63, 3.8) is 0 Å². The van der Waals surface area contributed by atoms with E-state index in [4.69, 9.17) is 4.74 Å². The Morgan fingerprint density at radius 1 is 1.15 bits per heavy atom. The molecule has 9 unspecified atom stereocenters. The van der Waals surface area contributed by atoms with Gasteiger partial charge < -0.3 is 14.9 Å². The molecule has 0 aromatic heterocycles. The van der Waals surface area contributed by atoms with Crippen LogP contribution in [0.4, 0.5) is 0 Å². The first-order valence-corrected chi connectivity index (χ1v) is 10.5. The van der Waals surface area contributed by atoms with Crippen LogP contribution in [0.2, 0.25) is 0 Å². The first kappa shape index (κ1) is 17.2. The van der Waals surface area contributed by atoms with Gasteiger partial charge in [0.25, 0.3) is 0 Å². The zero-order valence-electron chi connectivity index (χ0n) is 16.2. The van der Waals surface area contributed by atoms with Gasteiger partial charge in [-0.1, -0.05) is 25.5 Å². The maximum absolute atomic E-state index is 12.2. The summed E-state index contributed by atoms with van der Waals surface area (Å²) in [5.74, 6) is 1.29. The van der Waals surface area contributed by atoms with Gasteiger partial charge in [-0.05, 0) is 80.5 Å². The van der Waals surface area contributed by atoms with Crippen LogP contribution in [-0.4, -0.2) is 34.0 Å². The van der Waals surface area contributed by atoms with E-state index in [1.165, 1.54) is 5.57 Å². The summed E-state index contributed by atoms with van der Waals surface area (Å²) in [5, 5.41) is 21.0. The van der Waals surface area contributed by atoms with Crippen LogP contribution in [0.1, 0.15) is 65.7 Å². The third kappa shape index (κ3) is 1.95. The average Bonchev–Trinajstić information content (AvgIpc) is 2.99. The maximum atomic E-state index is 12.2. The molecule has 0 aromatic rings. The van der Waals surface area contributed by atoms with E-state index in [-0.39, 0.29) is 29.0 Å². The molecule has 144 valence electrons. The fourth-order valence-corrected chi connectivity index (χ4v) is 8.13. The number of esters is 1. The summed E-state index contributed by atoms with van der Waals surface area (Å²) < 4.78 is 5.65. The number of carbonyl (C=O) groups excluding carboxylic acids is 1. The number of ether oxygens (including phenoxy) is 1. The number of allylic oxidation sites excluding steroid dienone is 1. The summed E-state index contributed by atoms with van der Waals surface area (Å²) in [6.07, 6.45) is 9.21. The number of aliphatic hydroxyl groups excluding tert-OH is 1. The SMILES string of the molecule is CC1(O)C(=O)OC2CC3C4CC=C5CC(O)CCC5(C)C4CCC3(C)C21. The topological polar surface area (TPSA) is 66.8 Å². The third-order valence-corrected chi connectivity index (χ3v) is 9.36. The molecule has 4 nitrogen and oxygen atoms in total. The molecule has 4 fully saturated rings. The molecule has 1 saturated heterocycles. The molecule has 4 heteroatoms. The van der Waals surface area contributed by atoms with Crippen molar-refractivity contribution in [1.29, 1.82) is 0 Å². The Balaban J connectivity index is 1.50. The maximum Gasteiger partial charge on any atom is 0.338 e. The zero-order chi connectivity index (χ0) is 18.5. The van der Waals surface area contributed by atoms with Gasteiger partial charge >= 0.3 is 5.97 Å². The number of hydrogen-bond donors (Lipinski definition) is 2. The molecule has 0 bridgehead atoms. The van der Waals surface area contributed by atoms with Gasteiger partial charge in [0.05, 0.1) is 6.10 Å². The van der Waals surface area contributed by atoms with Gasteiger partial charge in [-0.2, -0.15) is 0 Å². The Hall–Kier alpha value is -0.870. The summed E-state index contributed by atoms with van der Waals surface area (Å²) >= 11 is 0. The standard InChI is InChI=1S/C22H32O4/c1-20-8-6-13(23)10-12(20)4-5-14-15(20)7-9-21(2)16(14)11-17-18(21)22(3,25)19(24)26-17/h4,13-18,23,25H,5-11H2,1-3H3.